The number of amides is 1. The molecule has 4 heteroatoms. The van der Waals surface area contributed by atoms with Crippen molar-refractivity contribution in [1.29, 1.82) is 0 Å². The first-order valence-corrected chi connectivity index (χ1v) is 6.48. The van der Waals surface area contributed by atoms with E-state index in [0.717, 1.165) is 0 Å². The fourth-order valence-electron chi connectivity index (χ4n) is 1.61. The summed E-state index contributed by atoms with van der Waals surface area (Å²) in [5, 5.41) is 5.02. The van der Waals surface area contributed by atoms with Crippen LogP contribution in [-0.2, 0) is 4.79 Å². The number of hydrogen-bond acceptors (Lipinski definition) is 3. The van der Waals surface area contributed by atoms with Gasteiger partial charge in [0.1, 0.15) is 0 Å². The molecule has 0 saturated heterocycles. The average Bonchev–Trinajstić information content (AvgIpc) is 2.70. The summed E-state index contributed by atoms with van der Waals surface area (Å²) < 4.78 is 0. The van der Waals surface area contributed by atoms with E-state index in [9.17, 15) is 4.79 Å². The van der Waals surface area contributed by atoms with Crippen LogP contribution in [0.2, 0.25) is 0 Å². The first-order chi connectivity index (χ1) is 7.56. The Morgan fingerprint density at radius 1 is 1.50 bits per heavy atom. The SMILES string of the molecule is CC(C)C(CN)C(=O)N[C@H](C)c1cccs1. The second kappa shape index (κ2) is 6.01. The Kier molecular flexibility index (Phi) is 4.96. The van der Waals surface area contributed by atoms with Crippen LogP contribution in [0.4, 0.5) is 0 Å². The van der Waals surface area contributed by atoms with Gasteiger partial charge in [-0.05, 0) is 24.3 Å². The molecule has 1 rings (SSSR count). The molecule has 1 heterocycles. The maximum absolute atomic E-state index is 11.9. The van der Waals surface area contributed by atoms with Gasteiger partial charge in [-0.3, -0.25) is 4.79 Å². The normalized spacial score (nSPS) is 14.8. The Balaban J connectivity index is 2.57. The van der Waals surface area contributed by atoms with Crippen LogP contribution < -0.4 is 11.1 Å². The molecular formula is C12H20N2OS. The van der Waals surface area contributed by atoms with Crippen LogP contribution >= 0.6 is 11.3 Å². The van der Waals surface area contributed by atoms with Gasteiger partial charge in [-0.25, -0.2) is 0 Å². The summed E-state index contributed by atoms with van der Waals surface area (Å²) in [5.74, 6) is 0.237. The lowest BCUT2D eigenvalue weighted by Gasteiger charge is -2.21. The van der Waals surface area contributed by atoms with Crippen LogP contribution in [0.5, 0.6) is 0 Å². The lowest BCUT2D eigenvalue weighted by Crippen LogP contribution is -2.38. The zero-order chi connectivity index (χ0) is 12.1. The van der Waals surface area contributed by atoms with Gasteiger partial charge in [0, 0.05) is 11.4 Å². The molecule has 1 amide bonds. The minimum atomic E-state index is -0.0950. The Bertz CT molecular complexity index is 322. The largest absolute Gasteiger partial charge is 0.348 e. The lowest BCUT2D eigenvalue weighted by molar-refractivity contribution is -0.126. The van der Waals surface area contributed by atoms with Gasteiger partial charge in [-0.1, -0.05) is 19.9 Å². The van der Waals surface area contributed by atoms with E-state index in [1.165, 1.54) is 4.88 Å². The summed E-state index contributed by atoms with van der Waals surface area (Å²) >= 11 is 1.65. The molecular weight excluding hydrogens is 220 g/mol. The molecule has 0 spiro atoms. The molecule has 1 unspecified atom stereocenters. The predicted molar refractivity (Wildman–Crippen MR) is 68.3 cm³/mol. The van der Waals surface area contributed by atoms with Gasteiger partial charge in [0.25, 0.3) is 0 Å². The fraction of sp³-hybridized carbons (Fsp3) is 0.583. The van der Waals surface area contributed by atoms with E-state index in [1.807, 2.05) is 38.3 Å². The summed E-state index contributed by atoms with van der Waals surface area (Å²) in [7, 11) is 0. The van der Waals surface area contributed by atoms with Crippen molar-refractivity contribution >= 4 is 17.2 Å². The van der Waals surface area contributed by atoms with Crippen molar-refractivity contribution in [2.75, 3.05) is 6.54 Å². The molecule has 1 aromatic rings. The van der Waals surface area contributed by atoms with E-state index in [0.29, 0.717) is 6.54 Å². The van der Waals surface area contributed by atoms with Gasteiger partial charge in [0.15, 0.2) is 0 Å². The van der Waals surface area contributed by atoms with Crippen molar-refractivity contribution in [2.24, 2.45) is 17.6 Å². The minimum absolute atomic E-state index is 0.0541. The third-order valence-corrected chi connectivity index (χ3v) is 3.78. The van der Waals surface area contributed by atoms with Crippen LogP contribution in [0, 0.1) is 11.8 Å². The number of nitrogens with two attached hydrogens (primary N) is 1. The monoisotopic (exact) mass is 240 g/mol. The Labute approximate surface area is 101 Å². The number of thiophene rings is 1. The number of carbonyl (C=O) groups is 1. The molecule has 90 valence electrons. The molecule has 0 aliphatic rings. The summed E-state index contributed by atoms with van der Waals surface area (Å²) in [4.78, 5) is 13.1. The summed E-state index contributed by atoms with van der Waals surface area (Å²) in [5.41, 5.74) is 5.61. The molecule has 0 radical (unpaired) electrons. The van der Waals surface area contributed by atoms with Gasteiger partial charge in [-0.2, -0.15) is 0 Å². The summed E-state index contributed by atoms with van der Waals surface area (Å²) in [6.45, 7) is 6.44. The first-order valence-electron chi connectivity index (χ1n) is 5.60. The van der Waals surface area contributed by atoms with Crippen LogP contribution in [0.3, 0.4) is 0 Å². The minimum Gasteiger partial charge on any atom is -0.348 e. The second-order valence-electron chi connectivity index (χ2n) is 4.33. The number of nitrogens with one attached hydrogen (secondary N) is 1. The molecule has 0 aliphatic carbocycles. The van der Waals surface area contributed by atoms with Gasteiger partial charge in [-0.15, -0.1) is 11.3 Å². The van der Waals surface area contributed by atoms with Crippen LogP contribution in [0.1, 0.15) is 31.7 Å². The van der Waals surface area contributed by atoms with Crippen LogP contribution in [-0.4, -0.2) is 12.5 Å². The van der Waals surface area contributed by atoms with Crippen LogP contribution in [0.25, 0.3) is 0 Å². The third-order valence-electron chi connectivity index (χ3n) is 2.72. The molecule has 3 nitrogen and oxygen atoms in total. The van der Waals surface area contributed by atoms with Gasteiger partial charge in [0.2, 0.25) is 5.91 Å². The van der Waals surface area contributed by atoms with Crippen molar-refractivity contribution in [1.82, 2.24) is 5.32 Å². The molecule has 0 saturated carbocycles. The molecule has 0 bridgehead atoms. The summed E-state index contributed by atoms with van der Waals surface area (Å²) in [6.07, 6.45) is 0. The maximum atomic E-state index is 11.9. The summed E-state index contributed by atoms with van der Waals surface area (Å²) in [6, 6.07) is 4.09. The van der Waals surface area contributed by atoms with E-state index in [-0.39, 0.29) is 23.8 Å². The molecule has 2 atom stereocenters. The highest BCUT2D eigenvalue weighted by molar-refractivity contribution is 7.10. The van der Waals surface area contributed by atoms with E-state index >= 15 is 0 Å². The maximum Gasteiger partial charge on any atom is 0.225 e. The smallest absolute Gasteiger partial charge is 0.225 e. The number of rotatable bonds is 5. The van der Waals surface area contributed by atoms with Gasteiger partial charge < -0.3 is 11.1 Å². The third kappa shape index (κ3) is 3.32. The van der Waals surface area contributed by atoms with Gasteiger partial charge >= 0.3 is 0 Å². The fourth-order valence-corrected chi connectivity index (χ4v) is 2.35. The highest BCUT2D eigenvalue weighted by atomic mass is 32.1. The Morgan fingerprint density at radius 2 is 2.19 bits per heavy atom. The lowest BCUT2D eigenvalue weighted by atomic mass is 9.95. The topological polar surface area (TPSA) is 55.1 Å². The first kappa shape index (κ1) is 13.2. The zero-order valence-electron chi connectivity index (χ0n) is 10.1. The molecule has 3 N–H and O–H groups in total. The van der Waals surface area contributed by atoms with E-state index < -0.39 is 0 Å². The quantitative estimate of drug-likeness (QED) is 0.828. The van der Waals surface area contributed by atoms with Crippen molar-refractivity contribution in [3.8, 4) is 0 Å². The van der Waals surface area contributed by atoms with Crippen molar-refractivity contribution in [3.63, 3.8) is 0 Å². The number of carbonyl (C=O) groups excluding carboxylic acids is 1. The standard InChI is InChI=1S/C12H20N2OS/c1-8(2)10(7-13)12(15)14-9(3)11-5-4-6-16-11/h4-6,8-10H,7,13H2,1-3H3,(H,14,15)/t9-,10?/m1/s1. The van der Waals surface area contributed by atoms with Crippen molar-refractivity contribution in [2.45, 2.75) is 26.8 Å². The van der Waals surface area contributed by atoms with Crippen LogP contribution in [0.15, 0.2) is 17.5 Å². The highest BCUT2D eigenvalue weighted by Crippen LogP contribution is 2.19. The molecule has 0 aliphatic heterocycles. The molecule has 1 aromatic heterocycles. The number of hydrogen-bond donors (Lipinski definition) is 2. The van der Waals surface area contributed by atoms with E-state index in [4.69, 9.17) is 5.73 Å². The molecule has 16 heavy (non-hydrogen) atoms. The molecule has 0 fully saturated rings. The van der Waals surface area contributed by atoms with E-state index in [2.05, 4.69) is 5.32 Å². The molecule has 0 aromatic carbocycles. The Morgan fingerprint density at radius 3 is 2.62 bits per heavy atom. The van der Waals surface area contributed by atoms with Gasteiger partial charge in [0.05, 0.1) is 12.0 Å². The Hall–Kier alpha value is -0.870. The predicted octanol–water partition coefficient (Wildman–Crippen LogP) is 2.16. The van der Waals surface area contributed by atoms with Crippen molar-refractivity contribution < 1.29 is 4.79 Å². The van der Waals surface area contributed by atoms with E-state index in [1.54, 1.807) is 11.3 Å². The second-order valence-corrected chi connectivity index (χ2v) is 5.31. The average molecular weight is 240 g/mol. The highest BCUT2D eigenvalue weighted by Gasteiger charge is 2.22. The van der Waals surface area contributed by atoms with Crippen molar-refractivity contribution in [3.05, 3.63) is 22.4 Å². The zero-order valence-corrected chi connectivity index (χ0v) is 10.9.